The zero-order valence-electron chi connectivity index (χ0n) is 20.8. The maximum atomic E-state index is 13.2. The summed E-state index contributed by atoms with van der Waals surface area (Å²) >= 11 is 0. The number of Topliss-reactive ketones (excluding diaryl/α,β-unsaturated/α-hetero) is 1. The van der Waals surface area contributed by atoms with Crippen molar-refractivity contribution in [1.82, 2.24) is 25.7 Å². The van der Waals surface area contributed by atoms with Gasteiger partial charge in [-0.05, 0) is 38.2 Å². The van der Waals surface area contributed by atoms with E-state index in [1.807, 2.05) is 45.0 Å². The molecule has 3 rings (SSSR count). The number of benzene rings is 1. The highest BCUT2D eigenvalue weighted by molar-refractivity contribution is 6.00. The Morgan fingerprint density at radius 1 is 1.17 bits per heavy atom. The summed E-state index contributed by atoms with van der Waals surface area (Å²) in [6.07, 6.45) is 1.53. The van der Waals surface area contributed by atoms with Crippen LogP contribution < -0.4 is 10.6 Å². The van der Waals surface area contributed by atoms with Gasteiger partial charge in [-0.2, -0.15) is 4.98 Å². The van der Waals surface area contributed by atoms with Gasteiger partial charge in [0.15, 0.2) is 0 Å². The minimum atomic E-state index is -0.878. The van der Waals surface area contributed by atoms with Gasteiger partial charge in [-0.1, -0.05) is 48.8 Å². The molecular weight excluding hydrogens is 450 g/mol. The Balaban J connectivity index is 1.69. The van der Waals surface area contributed by atoms with Crippen LogP contribution in [0.3, 0.4) is 0 Å². The van der Waals surface area contributed by atoms with Crippen molar-refractivity contribution in [3.63, 3.8) is 0 Å². The average Bonchev–Trinajstić information content (AvgIpc) is 3.45. The first-order valence-electron chi connectivity index (χ1n) is 11.9. The zero-order valence-corrected chi connectivity index (χ0v) is 20.8. The lowest BCUT2D eigenvalue weighted by molar-refractivity contribution is -0.141. The molecule has 1 fully saturated rings. The molecule has 1 aliphatic rings. The predicted octanol–water partition coefficient (Wildman–Crippen LogP) is 1.81. The number of aromatic nitrogens is 2. The molecule has 1 aromatic carbocycles. The van der Waals surface area contributed by atoms with Crippen LogP contribution in [-0.4, -0.2) is 63.2 Å². The van der Waals surface area contributed by atoms with Crippen LogP contribution in [-0.2, 0) is 20.8 Å². The summed E-state index contributed by atoms with van der Waals surface area (Å²) in [5, 5.41) is 9.20. The van der Waals surface area contributed by atoms with E-state index in [0.29, 0.717) is 31.7 Å². The topological polar surface area (TPSA) is 134 Å². The normalized spacial score (nSPS) is 17.2. The Hall–Kier alpha value is -3.56. The second kappa shape index (κ2) is 11.2. The van der Waals surface area contributed by atoms with E-state index in [1.165, 1.54) is 11.8 Å². The molecule has 0 radical (unpaired) electrons. The Morgan fingerprint density at radius 3 is 2.57 bits per heavy atom. The van der Waals surface area contributed by atoms with Crippen molar-refractivity contribution < 1.29 is 23.7 Å². The van der Waals surface area contributed by atoms with Crippen LogP contribution in [0.2, 0.25) is 0 Å². The van der Waals surface area contributed by atoms with Crippen molar-refractivity contribution in [3.8, 4) is 0 Å². The second-order valence-corrected chi connectivity index (χ2v) is 9.38. The fourth-order valence-electron chi connectivity index (χ4n) is 4.27. The highest BCUT2D eigenvalue weighted by Crippen LogP contribution is 2.20. The number of nitrogens with zero attached hydrogens (tertiary/aromatic N) is 3. The molecule has 1 saturated heterocycles. The largest absolute Gasteiger partial charge is 0.345 e. The third-order valence-electron chi connectivity index (χ3n) is 6.00. The van der Waals surface area contributed by atoms with Crippen molar-refractivity contribution in [1.29, 1.82) is 0 Å². The van der Waals surface area contributed by atoms with Gasteiger partial charge in [-0.15, -0.1) is 0 Å². The summed E-state index contributed by atoms with van der Waals surface area (Å²) in [5.41, 5.74) is 2.09. The number of carbonyl (C=O) groups is 4. The Bertz CT molecular complexity index is 1100. The monoisotopic (exact) mass is 483 g/mol. The minimum absolute atomic E-state index is 0.0923. The highest BCUT2D eigenvalue weighted by Gasteiger charge is 2.38. The van der Waals surface area contributed by atoms with Gasteiger partial charge in [-0.3, -0.25) is 19.2 Å². The molecule has 0 spiro atoms. The Kier molecular flexibility index (Phi) is 8.37. The lowest BCUT2D eigenvalue weighted by atomic mass is 9.98. The third kappa shape index (κ3) is 6.52. The van der Waals surface area contributed by atoms with E-state index in [9.17, 15) is 19.2 Å². The summed E-state index contributed by atoms with van der Waals surface area (Å²) < 4.78 is 5.29. The smallest absolute Gasteiger partial charge is 0.245 e. The quantitative estimate of drug-likeness (QED) is 0.519. The molecule has 188 valence electrons. The predicted molar refractivity (Wildman–Crippen MR) is 127 cm³/mol. The lowest BCUT2D eigenvalue weighted by Gasteiger charge is -2.29. The first-order chi connectivity index (χ1) is 16.6. The van der Waals surface area contributed by atoms with Gasteiger partial charge < -0.3 is 20.1 Å². The molecule has 2 N–H and O–H groups in total. The number of ketones is 1. The summed E-state index contributed by atoms with van der Waals surface area (Å²) in [7, 11) is 0. The van der Waals surface area contributed by atoms with Gasteiger partial charge in [0.1, 0.15) is 12.1 Å². The van der Waals surface area contributed by atoms with Crippen molar-refractivity contribution in [2.24, 2.45) is 5.92 Å². The molecule has 3 amide bonds. The van der Waals surface area contributed by atoms with Crippen molar-refractivity contribution in [3.05, 3.63) is 47.1 Å². The molecule has 0 unspecified atom stereocenters. The molecule has 1 aromatic heterocycles. The fourth-order valence-corrected chi connectivity index (χ4v) is 4.27. The Labute approximate surface area is 204 Å². The van der Waals surface area contributed by atoms with Crippen molar-refractivity contribution in [2.75, 3.05) is 6.54 Å². The molecule has 2 aromatic rings. The Morgan fingerprint density at radius 2 is 1.91 bits per heavy atom. The van der Waals surface area contributed by atoms with Crippen molar-refractivity contribution >= 4 is 23.5 Å². The second-order valence-electron chi connectivity index (χ2n) is 9.38. The van der Waals surface area contributed by atoms with Crippen LogP contribution in [0, 0.1) is 12.8 Å². The molecule has 0 saturated carbocycles. The number of carbonyl (C=O) groups excluding carboxylic acids is 4. The number of rotatable bonds is 9. The molecule has 0 aliphatic carbocycles. The van der Waals surface area contributed by atoms with Gasteiger partial charge in [-0.25, -0.2) is 0 Å². The van der Waals surface area contributed by atoms with Crippen molar-refractivity contribution in [2.45, 2.75) is 72.0 Å². The van der Waals surface area contributed by atoms with E-state index in [-0.39, 0.29) is 23.6 Å². The van der Waals surface area contributed by atoms with Crippen LogP contribution >= 0.6 is 0 Å². The van der Waals surface area contributed by atoms with Crippen LogP contribution in [0.4, 0.5) is 0 Å². The number of hydrogen-bond donors (Lipinski definition) is 2. The number of nitrogens with one attached hydrogen (secondary N) is 2. The van der Waals surface area contributed by atoms with Gasteiger partial charge >= 0.3 is 0 Å². The average molecular weight is 484 g/mol. The zero-order chi connectivity index (χ0) is 25.7. The van der Waals surface area contributed by atoms with Gasteiger partial charge in [0, 0.05) is 13.5 Å². The van der Waals surface area contributed by atoms with E-state index in [2.05, 4.69) is 20.8 Å². The molecule has 3 atom stereocenters. The molecule has 10 heteroatoms. The number of likely N-dealkylation sites (tertiary alicyclic amines) is 1. The van der Waals surface area contributed by atoms with Gasteiger partial charge in [0.05, 0.1) is 12.5 Å². The van der Waals surface area contributed by atoms with E-state index in [1.54, 1.807) is 6.92 Å². The molecule has 0 bridgehead atoms. The number of aryl methyl sites for hydroxylation is 1. The van der Waals surface area contributed by atoms with E-state index >= 15 is 0 Å². The standard InChI is InChI=1S/C25H33N5O5/c1-14(2)21(22(32)23-27-20(35-29-23)13-18-9-6-8-15(3)12-18)28-24(33)19-10-7-11-30(19)25(34)16(4)26-17(5)31/h6,8-9,12,14,16,19,21H,7,10-11,13H2,1-5H3,(H,26,31)(H,28,33)/t16-,19-,21-/m0/s1. The molecular formula is C25H33N5O5. The highest BCUT2D eigenvalue weighted by atomic mass is 16.5. The number of amides is 3. The summed E-state index contributed by atoms with van der Waals surface area (Å²) in [6.45, 7) is 8.94. The first kappa shape index (κ1) is 26.1. The van der Waals surface area contributed by atoms with Crippen LogP contribution in [0.25, 0.3) is 0 Å². The number of hydrogen-bond acceptors (Lipinski definition) is 7. The summed E-state index contributed by atoms with van der Waals surface area (Å²) in [4.78, 5) is 56.1. The lowest BCUT2D eigenvalue weighted by Crippen LogP contribution is -2.55. The molecule has 10 nitrogen and oxygen atoms in total. The van der Waals surface area contributed by atoms with E-state index in [4.69, 9.17) is 4.52 Å². The fraction of sp³-hybridized carbons (Fsp3) is 0.520. The van der Waals surface area contributed by atoms with Gasteiger partial charge in [0.2, 0.25) is 35.2 Å². The molecule has 1 aliphatic heterocycles. The third-order valence-corrected chi connectivity index (χ3v) is 6.00. The maximum absolute atomic E-state index is 13.2. The SMILES string of the molecule is CC(=O)N[C@@H](C)C(=O)N1CCC[C@H]1C(=O)N[C@H](C(=O)c1noc(Cc2cccc(C)c2)n1)C(C)C. The minimum Gasteiger partial charge on any atom is -0.345 e. The summed E-state index contributed by atoms with van der Waals surface area (Å²) in [6, 6.07) is 5.54. The van der Waals surface area contributed by atoms with E-state index < -0.39 is 29.8 Å². The summed E-state index contributed by atoms with van der Waals surface area (Å²) in [5.74, 6) is -1.54. The maximum Gasteiger partial charge on any atom is 0.245 e. The van der Waals surface area contributed by atoms with Gasteiger partial charge in [0.25, 0.3) is 0 Å². The van der Waals surface area contributed by atoms with Crippen LogP contribution in [0.1, 0.15) is 68.2 Å². The molecule has 35 heavy (non-hydrogen) atoms. The van der Waals surface area contributed by atoms with E-state index in [0.717, 1.165) is 11.1 Å². The van der Waals surface area contributed by atoms with Crippen LogP contribution in [0.15, 0.2) is 28.8 Å². The molecule has 2 heterocycles. The van der Waals surface area contributed by atoms with Crippen LogP contribution in [0.5, 0.6) is 0 Å². The first-order valence-corrected chi connectivity index (χ1v) is 11.9.